The van der Waals surface area contributed by atoms with Gasteiger partial charge >= 0.3 is 5.97 Å². The second-order valence-electron chi connectivity index (χ2n) is 6.43. The molecule has 2 atom stereocenters. The third-order valence-corrected chi connectivity index (χ3v) is 4.28. The molecule has 0 aromatic rings. The van der Waals surface area contributed by atoms with Gasteiger partial charge in [-0.25, -0.2) is 0 Å². The predicted molar refractivity (Wildman–Crippen MR) is 81.6 cm³/mol. The summed E-state index contributed by atoms with van der Waals surface area (Å²) in [5.74, 6) is -0.317. The van der Waals surface area contributed by atoms with Gasteiger partial charge in [0.2, 0.25) is 0 Å². The molecule has 5 heteroatoms. The van der Waals surface area contributed by atoms with Crippen molar-refractivity contribution in [2.75, 3.05) is 40.8 Å². The summed E-state index contributed by atoms with van der Waals surface area (Å²) in [5, 5.41) is 0. The van der Waals surface area contributed by atoms with Gasteiger partial charge in [0.05, 0.1) is 7.11 Å². The summed E-state index contributed by atoms with van der Waals surface area (Å²) in [6.07, 6.45) is 5.31. The first kappa shape index (κ1) is 17.4. The minimum absolute atomic E-state index is 0.317. The topological polar surface area (TPSA) is 58.8 Å². The Morgan fingerprint density at radius 3 is 2.75 bits per heavy atom. The maximum Gasteiger partial charge on any atom is 0.325 e. The summed E-state index contributed by atoms with van der Waals surface area (Å²) in [4.78, 5) is 16.3. The summed E-state index contributed by atoms with van der Waals surface area (Å²) >= 11 is 0. The van der Waals surface area contributed by atoms with Gasteiger partial charge in [-0.1, -0.05) is 0 Å². The highest BCUT2D eigenvalue weighted by atomic mass is 16.5. The molecule has 0 aromatic heterocycles. The molecular weight excluding hydrogens is 254 g/mol. The zero-order valence-corrected chi connectivity index (χ0v) is 13.5. The number of esters is 1. The first-order valence-electron chi connectivity index (χ1n) is 7.63. The highest BCUT2D eigenvalue weighted by Gasteiger charge is 2.28. The van der Waals surface area contributed by atoms with Gasteiger partial charge in [-0.15, -0.1) is 0 Å². The third kappa shape index (κ3) is 5.38. The van der Waals surface area contributed by atoms with E-state index in [0.717, 1.165) is 25.9 Å². The van der Waals surface area contributed by atoms with Gasteiger partial charge in [0, 0.05) is 12.6 Å². The van der Waals surface area contributed by atoms with Crippen LogP contribution in [-0.2, 0) is 9.53 Å². The number of carbonyl (C=O) groups is 1. The number of unbranched alkanes of at least 4 members (excludes halogenated alkanes) is 1. The molecule has 0 saturated carbocycles. The van der Waals surface area contributed by atoms with E-state index in [0.29, 0.717) is 12.5 Å². The van der Waals surface area contributed by atoms with Crippen molar-refractivity contribution >= 4 is 5.97 Å². The monoisotopic (exact) mass is 285 g/mol. The average Bonchev–Trinajstić information content (AvgIpc) is 2.43. The number of likely N-dealkylation sites (tertiary alicyclic amines) is 1. The predicted octanol–water partition coefficient (Wildman–Crippen LogP) is 1.07. The first-order valence-corrected chi connectivity index (χ1v) is 7.63. The Bertz CT molecular complexity index is 305. The fourth-order valence-electron chi connectivity index (χ4n) is 2.82. The van der Waals surface area contributed by atoms with Crippen LogP contribution in [0.5, 0.6) is 0 Å². The number of piperidine rings is 1. The normalized spacial score (nSPS) is 23.6. The van der Waals surface area contributed by atoms with Crippen LogP contribution in [0, 0.1) is 0 Å². The smallest absolute Gasteiger partial charge is 0.325 e. The van der Waals surface area contributed by atoms with Crippen LogP contribution in [0.15, 0.2) is 0 Å². The molecule has 118 valence electrons. The Balaban J connectivity index is 2.22. The second-order valence-corrected chi connectivity index (χ2v) is 6.43. The van der Waals surface area contributed by atoms with Crippen LogP contribution in [0.25, 0.3) is 0 Å². The minimum Gasteiger partial charge on any atom is -0.468 e. The fourth-order valence-corrected chi connectivity index (χ4v) is 2.82. The molecule has 1 saturated heterocycles. The van der Waals surface area contributed by atoms with E-state index in [9.17, 15) is 4.79 Å². The van der Waals surface area contributed by atoms with Gasteiger partial charge in [0.15, 0.2) is 0 Å². The summed E-state index contributed by atoms with van der Waals surface area (Å²) in [6.45, 7) is 5.20. The van der Waals surface area contributed by atoms with Gasteiger partial charge in [0.1, 0.15) is 5.54 Å². The average molecular weight is 285 g/mol. The van der Waals surface area contributed by atoms with Crippen LogP contribution in [0.4, 0.5) is 0 Å². The van der Waals surface area contributed by atoms with Crippen LogP contribution in [-0.4, -0.2) is 68.2 Å². The van der Waals surface area contributed by atoms with Crippen LogP contribution in [0.2, 0.25) is 0 Å². The van der Waals surface area contributed by atoms with Crippen molar-refractivity contribution in [3.63, 3.8) is 0 Å². The maximum atomic E-state index is 11.5. The number of hydrogen-bond donors (Lipinski definition) is 1. The molecule has 0 aromatic carbocycles. The van der Waals surface area contributed by atoms with Crippen molar-refractivity contribution in [3.8, 4) is 0 Å². The van der Waals surface area contributed by atoms with E-state index < -0.39 is 5.54 Å². The SMILES string of the molecule is COC(=O)C(C)(N)CCCCN1CCCC(N(C)C)C1. The van der Waals surface area contributed by atoms with Gasteiger partial charge in [-0.2, -0.15) is 0 Å². The standard InChI is InChI=1S/C15H31N3O2/c1-15(16,14(19)20-4)9-5-6-10-18-11-7-8-13(12-18)17(2)3/h13H,5-12,16H2,1-4H3. The zero-order chi connectivity index (χ0) is 15.2. The molecule has 0 spiro atoms. The molecule has 1 fully saturated rings. The van der Waals surface area contributed by atoms with Crippen molar-refractivity contribution in [3.05, 3.63) is 0 Å². The number of rotatable bonds is 7. The molecule has 0 bridgehead atoms. The Morgan fingerprint density at radius 1 is 1.45 bits per heavy atom. The Labute approximate surface area is 123 Å². The lowest BCUT2D eigenvalue weighted by Crippen LogP contribution is -2.46. The van der Waals surface area contributed by atoms with E-state index in [1.54, 1.807) is 6.92 Å². The van der Waals surface area contributed by atoms with Gasteiger partial charge < -0.3 is 20.3 Å². The molecule has 0 radical (unpaired) electrons. The Kier molecular flexibility index (Phi) is 6.92. The Morgan fingerprint density at radius 2 is 2.15 bits per heavy atom. The number of carbonyl (C=O) groups excluding carboxylic acids is 1. The van der Waals surface area contributed by atoms with Gasteiger partial charge in [0.25, 0.3) is 0 Å². The van der Waals surface area contributed by atoms with Crippen LogP contribution < -0.4 is 5.73 Å². The molecule has 5 nitrogen and oxygen atoms in total. The van der Waals surface area contributed by atoms with E-state index in [1.165, 1.54) is 26.5 Å². The van der Waals surface area contributed by atoms with Crippen molar-refractivity contribution < 1.29 is 9.53 Å². The molecule has 1 heterocycles. The molecule has 20 heavy (non-hydrogen) atoms. The summed E-state index contributed by atoms with van der Waals surface area (Å²) in [6, 6.07) is 0.679. The van der Waals surface area contributed by atoms with E-state index >= 15 is 0 Å². The molecule has 1 aliphatic heterocycles. The second kappa shape index (κ2) is 7.96. The van der Waals surface area contributed by atoms with Crippen molar-refractivity contribution in [2.45, 2.75) is 50.6 Å². The molecular formula is C15H31N3O2. The van der Waals surface area contributed by atoms with Crippen LogP contribution >= 0.6 is 0 Å². The van der Waals surface area contributed by atoms with Crippen molar-refractivity contribution in [1.82, 2.24) is 9.80 Å². The molecule has 1 rings (SSSR count). The quantitative estimate of drug-likeness (QED) is 0.560. The number of likely N-dealkylation sites (N-methyl/N-ethyl adjacent to an activating group) is 1. The molecule has 0 aliphatic carbocycles. The van der Waals surface area contributed by atoms with E-state index in [2.05, 4.69) is 23.9 Å². The zero-order valence-electron chi connectivity index (χ0n) is 13.5. The molecule has 2 unspecified atom stereocenters. The maximum absolute atomic E-state index is 11.5. The fraction of sp³-hybridized carbons (Fsp3) is 0.933. The number of methoxy groups -OCH3 is 1. The van der Waals surface area contributed by atoms with Gasteiger partial charge in [-0.05, 0) is 66.2 Å². The highest BCUT2D eigenvalue weighted by molar-refractivity contribution is 5.79. The lowest BCUT2D eigenvalue weighted by Gasteiger charge is -2.36. The number of nitrogens with two attached hydrogens (primary N) is 1. The van der Waals surface area contributed by atoms with Crippen LogP contribution in [0.3, 0.4) is 0 Å². The van der Waals surface area contributed by atoms with Gasteiger partial charge in [-0.3, -0.25) is 4.79 Å². The number of ether oxygens (including phenoxy) is 1. The van der Waals surface area contributed by atoms with E-state index in [4.69, 9.17) is 10.5 Å². The summed E-state index contributed by atoms with van der Waals surface area (Å²) in [7, 11) is 5.71. The third-order valence-electron chi connectivity index (χ3n) is 4.28. The van der Waals surface area contributed by atoms with Crippen molar-refractivity contribution in [2.24, 2.45) is 5.73 Å². The first-order chi connectivity index (χ1) is 9.36. The Hall–Kier alpha value is -0.650. The van der Waals surface area contributed by atoms with Crippen molar-refractivity contribution in [1.29, 1.82) is 0 Å². The number of nitrogens with zero attached hydrogens (tertiary/aromatic N) is 2. The largest absolute Gasteiger partial charge is 0.468 e. The van der Waals surface area contributed by atoms with E-state index in [1.807, 2.05) is 0 Å². The summed E-state index contributed by atoms with van der Waals surface area (Å²) < 4.78 is 4.72. The van der Waals surface area contributed by atoms with Crippen LogP contribution in [0.1, 0.15) is 39.0 Å². The molecule has 2 N–H and O–H groups in total. The number of hydrogen-bond acceptors (Lipinski definition) is 5. The highest BCUT2D eigenvalue weighted by Crippen LogP contribution is 2.16. The lowest BCUT2D eigenvalue weighted by atomic mass is 9.96. The lowest BCUT2D eigenvalue weighted by molar-refractivity contribution is -0.146. The molecule has 0 amide bonds. The molecule has 1 aliphatic rings. The minimum atomic E-state index is -0.844. The summed E-state index contributed by atoms with van der Waals surface area (Å²) in [5.41, 5.74) is 5.11. The van der Waals surface area contributed by atoms with E-state index in [-0.39, 0.29) is 5.97 Å².